The van der Waals surface area contributed by atoms with Crippen LogP contribution < -0.4 is 5.32 Å². The maximum absolute atomic E-state index is 11.8. The van der Waals surface area contributed by atoms with Gasteiger partial charge in [-0.25, -0.2) is 0 Å². The van der Waals surface area contributed by atoms with Crippen LogP contribution in [-0.4, -0.2) is 25.0 Å². The lowest BCUT2D eigenvalue weighted by Gasteiger charge is -2.07. The molecule has 1 amide bonds. The predicted octanol–water partition coefficient (Wildman–Crippen LogP) is 3.61. The molecule has 26 heavy (non-hydrogen) atoms. The molecule has 2 aromatic rings. The molecule has 0 atom stereocenters. The van der Waals surface area contributed by atoms with Crippen molar-refractivity contribution in [1.29, 1.82) is 0 Å². The van der Waals surface area contributed by atoms with E-state index in [2.05, 4.69) is 17.4 Å². The molecule has 0 saturated carbocycles. The standard InChI is InChI=1S/C22H27NO3/c1-18-10-12-20(13-11-18)14-15-21(24)23-16-17-26-22(25)9-5-8-19-6-3-2-4-7-19/h2-4,6-7,10-13H,5,8-9,14-17H2,1H3,(H,23,24). The quantitative estimate of drug-likeness (QED) is 0.524. The van der Waals surface area contributed by atoms with Gasteiger partial charge in [-0.2, -0.15) is 0 Å². The summed E-state index contributed by atoms with van der Waals surface area (Å²) in [6, 6.07) is 18.3. The van der Waals surface area contributed by atoms with Crippen molar-refractivity contribution < 1.29 is 14.3 Å². The Kier molecular flexibility index (Phi) is 8.40. The predicted molar refractivity (Wildman–Crippen MR) is 103 cm³/mol. The minimum Gasteiger partial charge on any atom is -0.464 e. The van der Waals surface area contributed by atoms with Crippen LogP contribution in [0.4, 0.5) is 0 Å². The third kappa shape index (κ3) is 7.97. The molecule has 0 aliphatic carbocycles. The number of carbonyl (C=O) groups excluding carboxylic acids is 2. The fourth-order valence-corrected chi connectivity index (χ4v) is 2.61. The maximum atomic E-state index is 11.8. The van der Waals surface area contributed by atoms with Gasteiger partial charge in [-0.3, -0.25) is 9.59 Å². The van der Waals surface area contributed by atoms with Crippen LogP contribution in [0.5, 0.6) is 0 Å². The minimum atomic E-state index is -0.213. The maximum Gasteiger partial charge on any atom is 0.305 e. The lowest BCUT2D eigenvalue weighted by Crippen LogP contribution is -2.28. The van der Waals surface area contributed by atoms with Crippen LogP contribution in [0.25, 0.3) is 0 Å². The molecule has 0 fully saturated rings. The Hall–Kier alpha value is -2.62. The van der Waals surface area contributed by atoms with Gasteiger partial charge in [0.1, 0.15) is 6.61 Å². The highest BCUT2D eigenvalue weighted by Crippen LogP contribution is 2.06. The van der Waals surface area contributed by atoms with Crippen LogP contribution in [0.2, 0.25) is 0 Å². The van der Waals surface area contributed by atoms with Gasteiger partial charge in [-0.15, -0.1) is 0 Å². The van der Waals surface area contributed by atoms with E-state index >= 15 is 0 Å². The molecule has 0 radical (unpaired) electrons. The first kappa shape index (κ1) is 19.7. The van der Waals surface area contributed by atoms with E-state index < -0.39 is 0 Å². The molecule has 4 heteroatoms. The van der Waals surface area contributed by atoms with Crippen molar-refractivity contribution in [3.63, 3.8) is 0 Å². The summed E-state index contributed by atoms with van der Waals surface area (Å²) in [6.07, 6.45) is 3.19. The van der Waals surface area contributed by atoms with Crippen molar-refractivity contribution in [2.75, 3.05) is 13.2 Å². The molecule has 2 aromatic carbocycles. The number of hydrogen-bond donors (Lipinski definition) is 1. The zero-order valence-corrected chi connectivity index (χ0v) is 15.4. The van der Waals surface area contributed by atoms with Crippen molar-refractivity contribution in [2.45, 2.75) is 39.0 Å². The Balaban J connectivity index is 1.50. The van der Waals surface area contributed by atoms with Crippen LogP contribution in [0, 0.1) is 6.92 Å². The molecule has 0 aliphatic heterocycles. The first-order valence-electron chi connectivity index (χ1n) is 9.15. The van der Waals surface area contributed by atoms with Gasteiger partial charge in [0.15, 0.2) is 0 Å². The Morgan fingerprint density at radius 2 is 1.58 bits per heavy atom. The van der Waals surface area contributed by atoms with Crippen molar-refractivity contribution in [2.24, 2.45) is 0 Å². The van der Waals surface area contributed by atoms with E-state index in [1.54, 1.807) is 0 Å². The van der Waals surface area contributed by atoms with Crippen molar-refractivity contribution >= 4 is 11.9 Å². The monoisotopic (exact) mass is 353 g/mol. The number of rotatable bonds is 10. The molecule has 0 bridgehead atoms. The number of esters is 1. The van der Waals surface area contributed by atoms with Crippen LogP contribution >= 0.6 is 0 Å². The molecular weight excluding hydrogens is 326 g/mol. The van der Waals surface area contributed by atoms with Crippen LogP contribution in [0.3, 0.4) is 0 Å². The van der Waals surface area contributed by atoms with Crippen LogP contribution in [0.1, 0.15) is 36.0 Å². The number of nitrogens with one attached hydrogen (secondary N) is 1. The second kappa shape index (κ2) is 11.1. The molecular formula is C22H27NO3. The number of amides is 1. The van der Waals surface area contributed by atoms with Gasteiger partial charge in [0.05, 0.1) is 6.54 Å². The van der Waals surface area contributed by atoms with Crippen LogP contribution in [0.15, 0.2) is 54.6 Å². The third-order valence-electron chi connectivity index (χ3n) is 4.14. The first-order chi connectivity index (χ1) is 12.6. The van der Waals surface area contributed by atoms with E-state index in [1.165, 1.54) is 11.1 Å². The van der Waals surface area contributed by atoms with Gasteiger partial charge in [0, 0.05) is 12.8 Å². The SMILES string of the molecule is Cc1ccc(CCC(=O)NCCOC(=O)CCCc2ccccc2)cc1. The summed E-state index contributed by atoms with van der Waals surface area (Å²) < 4.78 is 5.15. The van der Waals surface area contributed by atoms with Gasteiger partial charge >= 0.3 is 5.97 Å². The molecule has 1 N–H and O–H groups in total. The molecule has 0 spiro atoms. The molecule has 138 valence electrons. The van der Waals surface area contributed by atoms with E-state index in [0.29, 0.717) is 25.8 Å². The van der Waals surface area contributed by atoms with Crippen molar-refractivity contribution in [3.05, 3.63) is 71.3 Å². The molecule has 2 rings (SSSR count). The summed E-state index contributed by atoms with van der Waals surface area (Å²) in [4.78, 5) is 23.5. The molecule has 0 aliphatic rings. The fourth-order valence-electron chi connectivity index (χ4n) is 2.61. The van der Waals surface area contributed by atoms with Crippen LogP contribution in [-0.2, 0) is 27.2 Å². The second-order valence-corrected chi connectivity index (χ2v) is 6.40. The van der Waals surface area contributed by atoms with E-state index in [9.17, 15) is 9.59 Å². The van der Waals surface area contributed by atoms with E-state index in [4.69, 9.17) is 4.74 Å². The number of ether oxygens (including phenoxy) is 1. The Bertz CT molecular complexity index is 680. The van der Waals surface area contributed by atoms with E-state index in [0.717, 1.165) is 18.4 Å². The average molecular weight is 353 g/mol. The van der Waals surface area contributed by atoms with Crippen molar-refractivity contribution in [3.8, 4) is 0 Å². The topological polar surface area (TPSA) is 55.4 Å². The highest BCUT2D eigenvalue weighted by atomic mass is 16.5. The Morgan fingerprint density at radius 1 is 0.885 bits per heavy atom. The lowest BCUT2D eigenvalue weighted by atomic mass is 10.1. The summed E-state index contributed by atoms with van der Waals surface area (Å²) in [7, 11) is 0. The third-order valence-corrected chi connectivity index (χ3v) is 4.14. The van der Waals surface area contributed by atoms with E-state index in [1.807, 2.05) is 49.4 Å². The lowest BCUT2D eigenvalue weighted by molar-refractivity contribution is -0.144. The summed E-state index contributed by atoms with van der Waals surface area (Å²) in [6.45, 7) is 2.62. The van der Waals surface area contributed by atoms with Gasteiger partial charge < -0.3 is 10.1 Å². The van der Waals surface area contributed by atoms with Gasteiger partial charge in [0.25, 0.3) is 0 Å². The summed E-state index contributed by atoms with van der Waals surface area (Å²) in [5.74, 6) is -0.236. The molecule has 0 unspecified atom stereocenters. The zero-order valence-electron chi connectivity index (χ0n) is 15.4. The molecule has 0 aromatic heterocycles. The van der Waals surface area contributed by atoms with Crippen molar-refractivity contribution in [1.82, 2.24) is 5.32 Å². The molecule has 0 saturated heterocycles. The zero-order chi connectivity index (χ0) is 18.6. The summed E-state index contributed by atoms with van der Waals surface area (Å²) in [5, 5.41) is 2.79. The minimum absolute atomic E-state index is 0.0225. The second-order valence-electron chi connectivity index (χ2n) is 6.40. The number of benzene rings is 2. The largest absolute Gasteiger partial charge is 0.464 e. The summed E-state index contributed by atoms with van der Waals surface area (Å²) >= 11 is 0. The Morgan fingerprint density at radius 3 is 2.31 bits per heavy atom. The molecule has 4 nitrogen and oxygen atoms in total. The number of carbonyl (C=O) groups is 2. The first-order valence-corrected chi connectivity index (χ1v) is 9.15. The van der Waals surface area contributed by atoms with Gasteiger partial charge in [0.2, 0.25) is 5.91 Å². The van der Waals surface area contributed by atoms with Gasteiger partial charge in [-0.1, -0.05) is 60.2 Å². The summed E-state index contributed by atoms with van der Waals surface area (Å²) in [5.41, 5.74) is 3.58. The number of hydrogen-bond acceptors (Lipinski definition) is 3. The fraction of sp³-hybridized carbons (Fsp3) is 0.364. The van der Waals surface area contributed by atoms with E-state index in [-0.39, 0.29) is 18.5 Å². The normalized spacial score (nSPS) is 10.3. The highest BCUT2D eigenvalue weighted by molar-refractivity contribution is 5.76. The number of aryl methyl sites for hydroxylation is 3. The average Bonchev–Trinajstić information content (AvgIpc) is 2.66. The Labute approximate surface area is 155 Å². The highest BCUT2D eigenvalue weighted by Gasteiger charge is 2.05. The molecule has 0 heterocycles. The smallest absolute Gasteiger partial charge is 0.305 e. The van der Waals surface area contributed by atoms with Gasteiger partial charge in [-0.05, 0) is 37.3 Å².